The minimum absolute atomic E-state index is 0.0650. The van der Waals surface area contributed by atoms with Crippen molar-refractivity contribution in [3.05, 3.63) is 53.3 Å². The summed E-state index contributed by atoms with van der Waals surface area (Å²) in [5.74, 6) is 1.42. The van der Waals surface area contributed by atoms with E-state index in [1.165, 1.54) is 5.56 Å². The highest BCUT2D eigenvalue weighted by Gasteiger charge is 2.23. The first-order chi connectivity index (χ1) is 12.1. The van der Waals surface area contributed by atoms with Gasteiger partial charge in [0.2, 0.25) is 0 Å². The molecule has 0 aliphatic carbocycles. The van der Waals surface area contributed by atoms with Crippen molar-refractivity contribution in [2.75, 3.05) is 20.8 Å². The van der Waals surface area contributed by atoms with Crippen molar-refractivity contribution in [1.29, 1.82) is 0 Å². The van der Waals surface area contributed by atoms with Crippen molar-refractivity contribution in [3.63, 3.8) is 0 Å². The number of carbonyl (C=O) groups excluding carboxylic acids is 1. The molecule has 0 unspecified atom stereocenters. The highest BCUT2D eigenvalue weighted by Crippen LogP contribution is 2.33. The molecular formula is C19H23N3O3. The minimum atomic E-state index is -0.0673. The fourth-order valence-corrected chi connectivity index (χ4v) is 3.07. The molecule has 1 N–H and O–H groups in total. The summed E-state index contributed by atoms with van der Waals surface area (Å²) >= 11 is 0. The zero-order valence-electron chi connectivity index (χ0n) is 14.8. The standard InChI is InChI=1S/C19H23N3O3/c1-13(14-4-7-20-8-5-14)21-19(23)22-9-6-15-10-17(24-2)18(25-3)11-16(15)12-22/h4-5,7-8,10-11,13H,6,9,12H2,1-3H3,(H,21,23)/t13-/m0/s1. The van der Waals surface area contributed by atoms with Crippen LogP contribution in [0.2, 0.25) is 0 Å². The van der Waals surface area contributed by atoms with Crippen molar-refractivity contribution < 1.29 is 14.3 Å². The van der Waals surface area contributed by atoms with E-state index in [-0.39, 0.29) is 12.1 Å². The van der Waals surface area contributed by atoms with Gasteiger partial charge in [0.15, 0.2) is 11.5 Å². The van der Waals surface area contributed by atoms with Crippen molar-refractivity contribution in [2.24, 2.45) is 0 Å². The van der Waals surface area contributed by atoms with Gasteiger partial charge in [-0.15, -0.1) is 0 Å². The SMILES string of the molecule is COc1cc2c(cc1OC)CN(C(=O)N[C@@H](C)c1ccncc1)CC2. The molecule has 0 bridgehead atoms. The monoisotopic (exact) mass is 341 g/mol. The Balaban J connectivity index is 1.70. The molecule has 2 amide bonds. The molecule has 1 aliphatic rings. The lowest BCUT2D eigenvalue weighted by Crippen LogP contribution is -2.43. The molecule has 2 aromatic rings. The van der Waals surface area contributed by atoms with Crippen LogP contribution in [0.3, 0.4) is 0 Å². The number of amides is 2. The Kier molecular flexibility index (Phi) is 5.07. The number of methoxy groups -OCH3 is 2. The fraction of sp³-hybridized carbons (Fsp3) is 0.368. The number of rotatable bonds is 4. The summed E-state index contributed by atoms with van der Waals surface area (Å²) < 4.78 is 10.7. The first-order valence-corrected chi connectivity index (χ1v) is 8.31. The Hall–Kier alpha value is -2.76. The summed E-state index contributed by atoms with van der Waals surface area (Å²) in [6, 6.07) is 7.65. The van der Waals surface area contributed by atoms with Gasteiger partial charge in [-0.05, 0) is 54.3 Å². The van der Waals surface area contributed by atoms with Crippen molar-refractivity contribution in [1.82, 2.24) is 15.2 Å². The third-order valence-corrected chi connectivity index (χ3v) is 4.55. The number of aromatic nitrogens is 1. The van der Waals surface area contributed by atoms with Gasteiger partial charge in [-0.25, -0.2) is 4.79 Å². The summed E-state index contributed by atoms with van der Waals surface area (Å²) in [6.45, 7) is 3.21. The van der Waals surface area contributed by atoms with Gasteiger partial charge in [0, 0.05) is 25.5 Å². The lowest BCUT2D eigenvalue weighted by Gasteiger charge is -2.30. The van der Waals surface area contributed by atoms with Gasteiger partial charge in [-0.3, -0.25) is 4.98 Å². The molecule has 0 saturated carbocycles. The molecule has 6 nitrogen and oxygen atoms in total. The van der Waals surface area contributed by atoms with Gasteiger partial charge in [0.25, 0.3) is 0 Å². The van der Waals surface area contributed by atoms with Gasteiger partial charge in [-0.2, -0.15) is 0 Å². The number of benzene rings is 1. The Labute approximate surface area is 147 Å². The van der Waals surface area contributed by atoms with Crippen LogP contribution in [0, 0.1) is 0 Å². The number of carbonyl (C=O) groups is 1. The van der Waals surface area contributed by atoms with Crippen LogP contribution in [0.1, 0.15) is 29.7 Å². The maximum Gasteiger partial charge on any atom is 0.318 e. The van der Waals surface area contributed by atoms with E-state index in [9.17, 15) is 4.79 Å². The van der Waals surface area contributed by atoms with Crippen LogP contribution in [-0.4, -0.2) is 36.7 Å². The van der Waals surface area contributed by atoms with E-state index in [4.69, 9.17) is 9.47 Å². The van der Waals surface area contributed by atoms with E-state index in [1.54, 1.807) is 26.6 Å². The molecule has 2 heterocycles. The Morgan fingerprint density at radius 1 is 1.16 bits per heavy atom. The predicted molar refractivity (Wildman–Crippen MR) is 94.8 cm³/mol. The van der Waals surface area contributed by atoms with Gasteiger partial charge in [0.05, 0.1) is 20.3 Å². The number of nitrogens with one attached hydrogen (secondary N) is 1. The van der Waals surface area contributed by atoms with Crippen LogP contribution in [0.15, 0.2) is 36.7 Å². The quantitative estimate of drug-likeness (QED) is 0.929. The van der Waals surface area contributed by atoms with Gasteiger partial charge in [0.1, 0.15) is 0 Å². The molecule has 25 heavy (non-hydrogen) atoms. The highest BCUT2D eigenvalue weighted by molar-refractivity contribution is 5.75. The van der Waals surface area contributed by atoms with Crippen LogP contribution >= 0.6 is 0 Å². The average Bonchev–Trinajstić information content (AvgIpc) is 2.66. The van der Waals surface area contributed by atoms with Gasteiger partial charge in [-0.1, -0.05) is 0 Å². The number of fused-ring (bicyclic) bond motifs is 1. The van der Waals surface area contributed by atoms with Gasteiger partial charge >= 0.3 is 6.03 Å². The number of hydrogen-bond acceptors (Lipinski definition) is 4. The number of hydrogen-bond donors (Lipinski definition) is 1. The summed E-state index contributed by atoms with van der Waals surface area (Å²) in [7, 11) is 3.25. The molecule has 0 fully saturated rings. The molecule has 132 valence electrons. The smallest absolute Gasteiger partial charge is 0.318 e. The maximum absolute atomic E-state index is 12.6. The molecule has 1 aliphatic heterocycles. The summed E-state index contributed by atoms with van der Waals surface area (Å²) in [6.07, 6.45) is 4.26. The summed E-state index contributed by atoms with van der Waals surface area (Å²) in [5.41, 5.74) is 3.33. The van der Waals surface area contributed by atoms with E-state index in [2.05, 4.69) is 10.3 Å². The molecule has 0 spiro atoms. The third-order valence-electron chi connectivity index (χ3n) is 4.55. The Bertz CT molecular complexity index is 749. The van der Waals surface area contributed by atoms with Crippen LogP contribution in [0.5, 0.6) is 11.5 Å². The summed E-state index contributed by atoms with van der Waals surface area (Å²) in [5, 5.41) is 3.05. The largest absolute Gasteiger partial charge is 0.493 e. The van der Waals surface area contributed by atoms with E-state index < -0.39 is 0 Å². The Morgan fingerprint density at radius 3 is 2.44 bits per heavy atom. The molecule has 6 heteroatoms. The van der Waals surface area contributed by atoms with Crippen molar-refractivity contribution in [2.45, 2.75) is 25.9 Å². The van der Waals surface area contributed by atoms with Crippen LogP contribution in [0.4, 0.5) is 4.79 Å². The number of nitrogens with zero attached hydrogens (tertiary/aromatic N) is 2. The first kappa shape index (κ1) is 17.1. The summed E-state index contributed by atoms with van der Waals surface area (Å²) in [4.78, 5) is 18.4. The number of urea groups is 1. The fourth-order valence-electron chi connectivity index (χ4n) is 3.07. The molecule has 0 saturated heterocycles. The molecule has 1 aromatic heterocycles. The normalized spacial score (nSPS) is 14.4. The lowest BCUT2D eigenvalue weighted by molar-refractivity contribution is 0.189. The molecule has 0 radical (unpaired) electrons. The minimum Gasteiger partial charge on any atom is -0.493 e. The van der Waals surface area contributed by atoms with Crippen LogP contribution < -0.4 is 14.8 Å². The molecule has 1 aromatic carbocycles. The third kappa shape index (κ3) is 3.68. The van der Waals surface area contributed by atoms with Crippen LogP contribution in [-0.2, 0) is 13.0 Å². The number of pyridine rings is 1. The average molecular weight is 341 g/mol. The second-order valence-corrected chi connectivity index (χ2v) is 6.10. The van der Waals surface area contributed by atoms with E-state index >= 15 is 0 Å². The van der Waals surface area contributed by atoms with Gasteiger partial charge < -0.3 is 19.7 Å². The topological polar surface area (TPSA) is 63.7 Å². The number of ether oxygens (including phenoxy) is 2. The molecule has 1 atom stereocenters. The van der Waals surface area contributed by atoms with E-state index in [0.29, 0.717) is 18.8 Å². The van der Waals surface area contributed by atoms with Crippen molar-refractivity contribution >= 4 is 6.03 Å². The maximum atomic E-state index is 12.6. The van der Waals surface area contributed by atoms with E-state index in [1.807, 2.05) is 36.1 Å². The van der Waals surface area contributed by atoms with E-state index in [0.717, 1.165) is 23.3 Å². The zero-order chi connectivity index (χ0) is 17.8. The first-order valence-electron chi connectivity index (χ1n) is 8.31. The molecular weight excluding hydrogens is 318 g/mol. The van der Waals surface area contributed by atoms with Crippen LogP contribution in [0.25, 0.3) is 0 Å². The second-order valence-electron chi connectivity index (χ2n) is 6.10. The predicted octanol–water partition coefficient (Wildman–Crippen LogP) is 2.93. The highest BCUT2D eigenvalue weighted by atomic mass is 16.5. The van der Waals surface area contributed by atoms with Crippen molar-refractivity contribution in [3.8, 4) is 11.5 Å². The zero-order valence-corrected chi connectivity index (χ0v) is 14.8. The second kappa shape index (κ2) is 7.42. The Morgan fingerprint density at radius 2 is 1.80 bits per heavy atom. The molecule has 3 rings (SSSR count). The lowest BCUT2D eigenvalue weighted by atomic mass is 9.99.